The maximum atomic E-state index is 11.9. The third kappa shape index (κ3) is 3.82. The third-order valence-electron chi connectivity index (χ3n) is 2.89. The first-order valence-electron chi connectivity index (χ1n) is 5.96. The van der Waals surface area contributed by atoms with Crippen LogP contribution in [-0.4, -0.2) is 47.2 Å². The van der Waals surface area contributed by atoms with Crippen LogP contribution >= 0.6 is 22.9 Å². The fraction of sp³-hybridized carbons (Fsp3) is 0.385. The van der Waals surface area contributed by atoms with E-state index in [-0.39, 0.29) is 12.5 Å². The van der Waals surface area contributed by atoms with E-state index in [2.05, 4.69) is 0 Å². The minimum absolute atomic E-state index is 0.120. The van der Waals surface area contributed by atoms with Gasteiger partial charge in [-0.15, -0.1) is 11.3 Å². The molecule has 1 N–H and O–H groups in total. The molecule has 1 saturated heterocycles. The van der Waals surface area contributed by atoms with Crippen LogP contribution in [0.5, 0.6) is 0 Å². The summed E-state index contributed by atoms with van der Waals surface area (Å²) in [5, 5.41) is 8.56. The Balaban J connectivity index is 1.81. The van der Waals surface area contributed by atoms with Crippen LogP contribution in [0.15, 0.2) is 18.2 Å². The van der Waals surface area contributed by atoms with Gasteiger partial charge in [0.25, 0.3) is 0 Å². The molecule has 0 saturated carbocycles. The van der Waals surface area contributed by atoms with Crippen LogP contribution in [-0.2, 0) is 14.3 Å². The lowest BCUT2D eigenvalue weighted by molar-refractivity contribution is -0.170. The average Bonchev–Trinajstić information content (AvgIpc) is 2.76. The largest absolute Gasteiger partial charge is 0.480 e. The van der Waals surface area contributed by atoms with Gasteiger partial charge in [0.1, 0.15) is 12.2 Å². The number of carbonyl (C=O) groups is 2. The monoisotopic (exact) mass is 315 g/mol. The van der Waals surface area contributed by atoms with E-state index in [9.17, 15) is 9.59 Å². The summed E-state index contributed by atoms with van der Waals surface area (Å²) < 4.78 is 5.92. The standard InChI is InChI=1S/C13H14ClNO4S/c1-13(19-6-12(17)18)7-15(8-13)11(16)5-3-9-2-4-10(14)20-9/h2-5H,6-8H2,1H3,(H,17,18)/b5-3+. The molecule has 0 aromatic carbocycles. The van der Waals surface area contributed by atoms with Crippen molar-refractivity contribution in [1.82, 2.24) is 4.90 Å². The van der Waals surface area contributed by atoms with Crippen LogP contribution in [0, 0.1) is 0 Å². The minimum atomic E-state index is -1.01. The lowest BCUT2D eigenvalue weighted by atomic mass is 9.96. The smallest absolute Gasteiger partial charge is 0.329 e. The van der Waals surface area contributed by atoms with Crippen molar-refractivity contribution in [2.24, 2.45) is 0 Å². The van der Waals surface area contributed by atoms with Gasteiger partial charge in [-0.25, -0.2) is 4.79 Å². The summed E-state index contributed by atoms with van der Waals surface area (Å²) in [4.78, 5) is 24.8. The zero-order valence-electron chi connectivity index (χ0n) is 10.8. The van der Waals surface area contributed by atoms with Crippen molar-refractivity contribution in [3.63, 3.8) is 0 Å². The van der Waals surface area contributed by atoms with Crippen molar-refractivity contribution >= 4 is 40.9 Å². The predicted octanol–water partition coefficient (Wildman–Crippen LogP) is 2.12. The Morgan fingerprint density at radius 3 is 2.80 bits per heavy atom. The highest BCUT2D eigenvalue weighted by molar-refractivity contribution is 7.17. The van der Waals surface area contributed by atoms with Crippen molar-refractivity contribution in [1.29, 1.82) is 0 Å². The highest BCUT2D eigenvalue weighted by Gasteiger charge is 2.42. The van der Waals surface area contributed by atoms with Gasteiger partial charge in [-0.1, -0.05) is 11.6 Å². The summed E-state index contributed by atoms with van der Waals surface area (Å²) >= 11 is 7.20. The molecular weight excluding hydrogens is 302 g/mol. The molecule has 0 unspecified atom stereocenters. The third-order valence-corrected chi connectivity index (χ3v) is 4.09. The molecule has 0 aliphatic carbocycles. The molecule has 0 radical (unpaired) electrons. The minimum Gasteiger partial charge on any atom is -0.480 e. The Hall–Kier alpha value is -1.37. The quantitative estimate of drug-likeness (QED) is 0.845. The number of likely N-dealkylation sites (tertiary alicyclic amines) is 1. The molecule has 0 bridgehead atoms. The Labute approximate surface area is 125 Å². The lowest BCUT2D eigenvalue weighted by Crippen LogP contribution is -2.63. The zero-order valence-corrected chi connectivity index (χ0v) is 12.4. The molecule has 2 heterocycles. The van der Waals surface area contributed by atoms with E-state index < -0.39 is 11.6 Å². The number of carboxylic acid groups (broad SMARTS) is 1. The van der Waals surface area contributed by atoms with Gasteiger partial charge in [0.15, 0.2) is 0 Å². The van der Waals surface area contributed by atoms with Crippen molar-refractivity contribution in [3.05, 3.63) is 27.4 Å². The highest BCUT2D eigenvalue weighted by Crippen LogP contribution is 2.26. The SMILES string of the molecule is CC1(OCC(=O)O)CN(C(=O)/C=C/c2ccc(Cl)s2)C1. The molecule has 0 spiro atoms. The summed E-state index contributed by atoms with van der Waals surface area (Å²) in [6.07, 6.45) is 3.20. The molecule has 2 rings (SSSR count). The van der Waals surface area contributed by atoms with Gasteiger partial charge in [-0.3, -0.25) is 4.79 Å². The summed E-state index contributed by atoms with van der Waals surface area (Å²) in [6.45, 7) is 2.24. The summed E-state index contributed by atoms with van der Waals surface area (Å²) in [5.41, 5.74) is -0.561. The fourth-order valence-electron chi connectivity index (χ4n) is 1.92. The molecule has 1 aromatic rings. The first kappa shape index (κ1) is 15.0. The topological polar surface area (TPSA) is 66.8 Å². The normalized spacial score (nSPS) is 17.2. The molecular formula is C13H14ClNO4S. The number of halogens is 1. The predicted molar refractivity (Wildman–Crippen MR) is 76.9 cm³/mol. The van der Waals surface area contributed by atoms with Crippen LogP contribution in [0.25, 0.3) is 6.08 Å². The number of carbonyl (C=O) groups excluding carboxylic acids is 1. The lowest BCUT2D eigenvalue weighted by Gasteiger charge is -2.46. The molecule has 1 amide bonds. The molecule has 1 aromatic heterocycles. The van der Waals surface area contributed by atoms with E-state index >= 15 is 0 Å². The van der Waals surface area contributed by atoms with E-state index in [1.54, 1.807) is 24.0 Å². The van der Waals surface area contributed by atoms with Gasteiger partial charge in [0.2, 0.25) is 5.91 Å². The highest BCUT2D eigenvalue weighted by atomic mass is 35.5. The van der Waals surface area contributed by atoms with Gasteiger partial charge in [-0.2, -0.15) is 0 Å². The second-order valence-corrected chi connectivity index (χ2v) is 6.55. The molecule has 0 atom stereocenters. The van der Waals surface area contributed by atoms with E-state index in [0.717, 1.165) is 4.88 Å². The van der Waals surface area contributed by atoms with Crippen LogP contribution in [0.2, 0.25) is 4.34 Å². The van der Waals surface area contributed by atoms with Crippen LogP contribution in [0.1, 0.15) is 11.8 Å². The number of hydrogen-bond donors (Lipinski definition) is 1. The van der Waals surface area contributed by atoms with Gasteiger partial charge in [0.05, 0.1) is 17.4 Å². The van der Waals surface area contributed by atoms with Crippen molar-refractivity contribution < 1.29 is 19.4 Å². The van der Waals surface area contributed by atoms with Crippen LogP contribution < -0.4 is 0 Å². The molecule has 7 heteroatoms. The molecule has 1 aliphatic rings. The number of rotatable bonds is 5. The maximum absolute atomic E-state index is 11.9. The van der Waals surface area contributed by atoms with E-state index in [0.29, 0.717) is 17.4 Å². The zero-order chi connectivity index (χ0) is 14.8. The van der Waals surface area contributed by atoms with Gasteiger partial charge >= 0.3 is 5.97 Å². The molecule has 5 nitrogen and oxygen atoms in total. The first-order valence-corrected chi connectivity index (χ1v) is 7.15. The first-order chi connectivity index (χ1) is 9.38. The Bertz CT molecular complexity index is 548. The molecule has 1 fully saturated rings. The molecule has 1 aliphatic heterocycles. The second-order valence-electron chi connectivity index (χ2n) is 4.80. The summed E-state index contributed by atoms with van der Waals surface area (Å²) in [6, 6.07) is 3.61. The molecule has 108 valence electrons. The summed E-state index contributed by atoms with van der Waals surface area (Å²) in [5.74, 6) is -1.13. The molecule has 20 heavy (non-hydrogen) atoms. The van der Waals surface area contributed by atoms with Crippen molar-refractivity contribution in [2.75, 3.05) is 19.7 Å². The Morgan fingerprint density at radius 1 is 1.55 bits per heavy atom. The maximum Gasteiger partial charge on any atom is 0.329 e. The van der Waals surface area contributed by atoms with Gasteiger partial charge < -0.3 is 14.7 Å². The van der Waals surface area contributed by atoms with Crippen LogP contribution in [0.3, 0.4) is 0 Å². The van der Waals surface area contributed by atoms with E-state index in [1.807, 2.05) is 6.07 Å². The number of hydrogen-bond acceptors (Lipinski definition) is 4. The number of nitrogens with zero attached hydrogens (tertiary/aromatic N) is 1. The number of amides is 1. The fourth-order valence-corrected chi connectivity index (χ4v) is 2.88. The second kappa shape index (κ2) is 5.95. The number of ether oxygens (including phenoxy) is 1. The van der Waals surface area contributed by atoms with E-state index in [1.165, 1.54) is 17.4 Å². The Morgan fingerprint density at radius 2 is 2.25 bits per heavy atom. The van der Waals surface area contributed by atoms with Gasteiger partial charge in [-0.05, 0) is 25.1 Å². The number of thiophene rings is 1. The average molecular weight is 316 g/mol. The summed E-state index contributed by atoms with van der Waals surface area (Å²) in [7, 11) is 0. The van der Waals surface area contributed by atoms with Crippen molar-refractivity contribution in [3.8, 4) is 0 Å². The van der Waals surface area contributed by atoms with Crippen LogP contribution in [0.4, 0.5) is 0 Å². The number of aliphatic carboxylic acids is 1. The van der Waals surface area contributed by atoms with Crippen molar-refractivity contribution in [2.45, 2.75) is 12.5 Å². The van der Waals surface area contributed by atoms with E-state index in [4.69, 9.17) is 21.4 Å². The number of carboxylic acids is 1. The Kier molecular flexibility index (Phi) is 4.47. The van der Waals surface area contributed by atoms with Gasteiger partial charge in [0, 0.05) is 11.0 Å².